The summed E-state index contributed by atoms with van der Waals surface area (Å²) in [5.74, 6) is -2.72. The molecule has 0 bridgehead atoms. The molecule has 1 aliphatic carbocycles. The van der Waals surface area contributed by atoms with Gasteiger partial charge in [-0.05, 0) is 41.4 Å². The monoisotopic (exact) mass is 695 g/mol. The van der Waals surface area contributed by atoms with Crippen LogP contribution in [-0.4, -0.2) is 115 Å². The zero-order chi connectivity index (χ0) is 36.4. The molecule has 3 rings (SSSR count). The predicted molar refractivity (Wildman–Crippen MR) is 183 cm³/mol. The number of likely N-dealkylation sites (tertiary alicyclic amines) is 1. The minimum absolute atomic E-state index is 0.0535. The number of carbonyl (C=O) groups is 5. The van der Waals surface area contributed by atoms with Gasteiger partial charge >= 0.3 is 6.03 Å². The van der Waals surface area contributed by atoms with Crippen molar-refractivity contribution < 1.29 is 32.4 Å². The number of fused-ring (bicyclic) bond motifs is 1. The van der Waals surface area contributed by atoms with E-state index >= 15 is 0 Å². The van der Waals surface area contributed by atoms with Crippen molar-refractivity contribution in [2.45, 2.75) is 98.8 Å². The maximum atomic E-state index is 14.3. The highest BCUT2D eigenvalue weighted by atomic mass is 32.2. The Labute approximate surface area is 286 Å². The summed E-state index contributed by atoms with van der Waals surface area (Å²) >= 11 is 0. The van der Waals surface area contributed by atoms with Gasteiger partial charge in [0.1, 0.15) is 12.1 Å². The Hall–Kier alpha value is -3.04. The van der Waals surface area contributed by atoms with Crippen molar-refractivity contribution in [1.82, 2.24) is 34.8 Å². The minimum atomic E-state index is -3.64. The number of nitrogens with zero attached hydrogens (tertiary/aromatic N) is 3. The molecule has 0 radical (unpaired) electrons. The number of amides is 5. The molecule has 0 aromatic rings. The second-order valence-electron chi connectivity index (χ2n) is 15.4. The lowest BCUT2D eigenvalue weighted by Gasteiger charge is -2.38. The maximum Gasteiger partial charge on any atom is 0.315 e. The van der Waals surface area contributed by atoms with Crippen LogP contribution in [0.15, 0.2) is 12.7 Å². The van der Waals surface area contributed by atoms with Crippen LogP contribution in [0.25, 0.3) is 0 Å². The summed E-state index contributed by atoms with van der Waals surface area (Å²) in [6.07, 6.45) is 2.92. The summed E-state index contributed by atoms with van der Waals surface area (Å²) in [6, 6.07) is -4.11. The summed E-state index contributed by atoms with van der Waals surface area (Å²) in [6.45, 7) is 20.0. The Morgan fingerprint density at radius 1 is 1.04 bits per heavy atom. The average Bonchev–Trinajstić information content (AvgIpc) is 3.30. The molecular formula is C33H57N7O7S. The second kappa shape index (κ2) is 15.2. The third-order valence-corrected chi connectivity index (χ3v) is 12.1. The molecule has 4 N–H and O–H groups in total. The molecule has 3 fully saturated rings. The average molecular weight is 696 g/mol. The van der Waals surface area contributed by atoms with E-state index in [4.69, 9.17) is 0 Å². The van der Waals surface area contributed by atoms with Crippen LogP contribution in [0.5, 0.6) is 0 Å². The molecule has 0 aromatic heterocycles. The first kappa shape index (κ1) is 39.4. The molecule has 6 atom stereocenters. The highest BCUT2D eigenvalue weighted by molar-refractivity contribution is 7.86. The van der Waals surface area contributed by atoms with Crippen LogP contribution in [0, 0.1) is 28.6 Å². The lowest BCUT2D eigenvalue weighted by Crippen LogP contribution is -2.62. The first-order valence-corrected chi connectivity index (χ1v) is 18.4. The van der Waals surface area contributed by atoms with E-state index in [1.165, 1.54) is 26.6 Å². The van der Waals surface area contributed by atoms with Crippen LogP contribution >= 0.6 is 0 Å². The van der Waals surface area contributed by atoms with Gasteiger partial charge in [-0.1, -0.05) is 67.9 Å². The van der Waals surface area contributed by atoms with Crippen molar-refractivity contribution in [2.75, 3.05) is 39.8 Å². The number of piperidine rings is 1. The van der Waals surface area contributed by atoms with E-state index in [0.717, 1.165) is 0 Å². The first-order chi connectivity index (χ1) is 22.2. The number of urea groups is 1. The maximum absolute atomic E-state index is 14.3. The van der Waals surface area contributed by atoms with Crippen molar-refractivity contribution in [3.63, 3.8) is 0 Å². The number of carbonyl (C=O) groups excluding carboxylic acids is 5. The third-order valence-electron chi connectivity index (χ3n) is 10.1. The highest BCUT2D eigenvalue weighted by Gasteiger charge is 2.70. The van der Waals surface area contributed by atoms with Gasteiger partial charge in [-0.3, -0.25) is 19.2 Å². The summed E-state index contributed by atoms with van der Waals surface area (Å²) in [5.41, 5.74) is -0.965. The molecule has 2 aliphatic heterocycles. The molecule has 272 valence electrons. The molecule has 14 nitrogen and oxygen atoms in total. The lowest BCUT2D eigenvalue weighted by atomic mass is 9.85. The van der Waals surface area contributed by atoms with E-state index < -0.39 is 69.3 Å². The number of ketones is 1. The van der Waals surface area contributed by atoms with E-state index in [1.807, 2.05) is 55.4 Å². The van der Waals surface area contributed by atoms with Crippen molar-refractivity contribution in [3.05, 3.63) is 12.7 Å². The Morgan fingerprint density at radius 3 is 2.25 bits per heavy atom. The lowest BCUT2D eigenvalue weighted by molar-refractivity contribution is -0.145. The van der Waals surface area contributed by atoms with E-state index in [2.05, 4.69) is 27.8 Å². The molecule has 0 spiro atoms. The molecule has 0 aromatic carbocycles. The summed E-state index contributed by atoms with van der Waals surface area (Å²) in [5, 5.41) is 11.0. The van der Waals surface area contributed by atoms with E-state index in [0.29, 0.717) is 32.5 Å². The minimum Gasteiger partial charge on any atom is -0.346 e. The van der Waals surface area contributed by atoms with Crippen LogP contribution < -0.4 is 21.3 Å². The third kappa shape index (κ3) is 8.57. The Morgan fingerprint density at radius 2 is 1.69 bits per heavy atom. The van der Waals surface area contributed by atoms with Gasteiger partial charge in [0.05, 0.1) is 6.04 Å². The van der Waals surface area contributed by atoms with Gasteiger partial charge in [-0.15, -0.1) is 6.58 Å². The smallest absolute Gasteiger partial charge is 0.315 e. The number of hydrogen-bond acceptors (Lipinski definition) is 7. The summed E-state index contributed by atoms with van der Waals surface area (Å²) < 4.78 is 28.4. The normalized spacial score (nSPS) is 25.3. The SMILES string of the molecule is C=CCNC(=O)C(=O)C(CCC)NC(=O)[C@@H]1[C@@H]2[C@H](CN1C(=O)[C@@H](NC(=O)N[C@H](CN1CCCN(C)S1(=O)=O)C(C)C)C(C)(C)C)C2(C)C. The standard InChI is InChI=1S/C33H57N7O7S/c1-11-14-22(26(41)29(43)34-15-12-2)35-28(42)25-24-21(33(24,8)9)18-40(25)30(44)27(32(5,6)7)37-31(45)36-23(20(3)4)19-39-17-13-16-38(10)48(39,46)47/h12,20-25,27H,2,11,13-19H2,1,3-10H3,(H,34,43)(H,35,42)(H2,36,37,45)/t21-,22?,23+,24-,25-,27+/m0/s1. The van der Waals surface area contributed by atoms with Crippen LogP contribution in [0.4, 0.5) is 4.79 Å². The number of Topliss-reactive ketones (excluding diaryl/α,β-unsaturated/α-hetero) is 1. The second-order valence-corrected chi connectivity index (χ2v) is 17.4. The predicted octanol–water partition coefficient (Wildman–Crippen LogP) is 1.25. The molecule has 3 aliphatic rings. The largest absolute Gasteiger partial charge is 0.346 e. The van der Waals surface area contributed by atoms with Gasteiger partial charge in [0.2, 0.25) is 17.6 Å². The molecule has 1 unspecified atom stereocenters. The zero-order valence-corrected chi connectivity index (χ0v) is 30.9. The fraction of sp³-hybridized carbons (Fsp3) is 0.788. The van der Waals surface area contributed by atoms with Crippen molar-refractivity contribution in [1.29, 1.82) is 0 Å². The number of hydrogen-bond donors (Lipinski definition) is 4. The van der Waals surface area contributed by atoms with E-state index in [1.54, 1.807) is 0 Å². The van der Waals surface area contributed by atoms with Gasteiger partial charge in [0.15, 0.2) is 0 Å². The number of nitrogens with one attached hydrogen (secondary N) is 4. The molecule has 5 amide bonds. The molecular weight excluding hydrogens is 638 g/mol. The molecule has 2 saturated heterocycles. The van der Waals surface area contributed by atoms with Gasteiger partial charge in [-0.25, -0.2) is 4.79 Å². The van der Waals surface area contributed by atoms with E-state index in [-0.39, 0.29) is 42.7 Å². The Balaban J connectivity index is 1.80. The molecule has 2 heterocycles. The van der Waals surface area contributed by atoms with Crippen LogP contribution in [0.1, 0.15) is 74.7 Å². The molecule has 1 saturated carbocycles. The van der Waals surface area contributed by atoms with Crippen molar-refractivity contribution in [3.8, 4) is 0 Å². The van der Waals surface area contributed by atoms with Gasteiger partial charge in [0, 0.05) is 45.8 Å². The quantitative estimate of drug-likeness (QED) is 0.156. The Bertz CT molecular complexity index is 1360. The van der Waals surface area contributed by atoms with Crippen LogP contribution in [0.2, 0.25) is 0 Å². The fourth-order valence-electron chi connectivity index (χ4n) is 6.92. The zero-order valence-electron chi connectivity index (χ0n) is 30.1. The highest BCUT2D eigenvalue weighted by Crippen LogP contribution is 2.65. The molecule has 48 heavy (non-hydrogen) atoms. The molecule has 15 heteroatoms. The van der Waals surface area contributed by atoms with Gasteiger partial charge < -0.3 is 26.2 Å². The van der Waals surface area contributed by atoms with Crippen LogP contribution in [-0.2, 0) is 29.4 Å². The van der Waals surface area contributed by atoms with Gasteiger partial charge in [-0.2, -0.15) is 17.0 Å². The Kier molecular flexibility index (Phi) is 12.5. The summed E-state index contributed by atoms with van der Waals surface area (Å²) in [7, 11) is -2.11. The number of rotatable bonds is 14. The van der Waals surface area contributed by atoms with Gasteiger partial charge in [0.25, 0.3) is 16.1 Å². The van der Waals surface area contributed by atoms with E-state index in [9.17, 15) is 32.4 Å². The first-order valence-electron chi connectivity index (χ1n) is 17.0. The fourth-order valence-corrected chi connectivity index (χ4v) is 8.38. The topological polar surface area (TPSA) is 177 Å². The van der Waals surface area contributed by atoms with Crippen LogP contribution in [0.3, 0.4) is 0 Å². The summed E-state index contributed by atoms with van der Waals surface area (Å²) in [4.78, 5) is 68.7. The van der Waals surface area contributed by atoms with Crippen molar-refractivity contribution >= 4 is 39.7 Å². The van der Waals surface area contributed by atoms with Crippen molar-refractivity contribution in [2.24, 2.45) is 28.6 Å².